The van der Waals surface area contributed by atoms with E-state index < -0.39 is 0 Å². The Hall–Kier alpha value is -0.660. The Morgan fingerprint density at radius 3 is 2.23 bits per heavy atom. The molecule has 142 valence electrons. The van der Waals surface area contributed by atoms with Gasteiger partial charge >= 0.3 is 0 Å². The van der Waals surface area contributed by atoms with Gasteiger partial charge in [0.15, 0.2) is 4.34 Å². The minimum atomic E-state index is 0.0173. The highest BCUT2D eigenvalue weighted by atomic mass is 32.2. The fourth-order valence-corrected chi connectivity index (χ4v) is 7.75. The van der Waals surface area contributed by atoms with Gasteiger partial charge in [0.2, 0.25) is 5.91 Å². The van der Waals surface area contributed by atoms with E-state index in [-0.39, 0.29) is 5.41 Å². The van der Waals surface area contributed by atoms with E-state index in [4.69, 9.17) is 0 Å². The third kappa shape index (κ3) is 3.10. The Kier molecular flexibility index (Phi) is 4.52. The molecule has 1 aromatic heterocycles. The normalized spacial score (nSPS) is 36.7. The molecule has 5 nitrogen and oxygen atoms in total. The predicted molar refractivity (Wildman–Crippen MR) is 104 cm³/mol. The van der Waals surface area contributed by atoms with Gasteiger partial charge in [0.05, 0.1) is 12.0 Å². The topological polar surface area (TPSA) is 49.3 Å². The number of aromatic nitrogens is 2. The van der Waals surface area contributed by atoms with Gasteiger partial charge in [-0.15, -0.1) is 10.2 Å². The van der Waals surface area contributed by atoms with E-state index in [0.29, 0.717) is 5.91 Å². The summed E-state index contributed by atoms with van der Waals surface area (Å²) >= 11 is 3.35. The van der Waals surface area contributed by atoms with E-state index in [1.165, 1.54) is 38.5 Å². The van der Waals surface area contributed by atoms with E-state index in [2.05, 4.69) is 20.0 Å². The van der Waals surface area contributed by atoms with Gasteiger partial charge in [0.1, 0.15) is 5.01 Å². The molecule has 0 spiro atoms. The molecule has 1 amide bonds. The largest absolute Gasteiger partial charge is 0.340 e. The van der Waals surface area contributed by atoms with Gasteiger partial charge in [-0.3, -0.25) is 9.69 Å². The van der Waals surface area contributed by atoms with Crippen molar-refractivity contribution in [1.29, 1.82) is 0 Å². The lowest BCUT2D eigenvalue weighted by Crippen LogP contribution is -2.58. The summed E-state index contributed by atoms with van der Waals surface area (Å²) in [6, 6.07) is 0. The average molecular weight is 393 g/mol. The molecule has 5 fully saturated rings. The molecule has 26 heavy (non-hydrogen) atoms. The molecular formula is C19H28N4OS2. The highest BCUT2D eigenvalue weighted by Gasteiger charge is 2.55. The smallest absolute Gasteiger partial charge is 0.228 e. The quantitative estimate of drug-likeness (QED) is 0.737. The third-order valence-electron chi connectivity index (χ3n) is 7.13. The van der Waals surface area contributed by atoms with Crippen LogP contribution in [0.15, 0.2) is 4.34 Å². The third-order valence-corrected chi connectivity index (χ3v) is 9.02. The molecule has 1 aliphatic heterocycles. The maximum Gasteiger partial charge on any atom is 0.228 e. The van der Waals surface area contributed by atoms with Crippen LogP contribution in [0.3, 0.4) is 0 Å². The second kappa shape index (κ2) is 6.74. The first kappa shape index (κ1) is 17.4. The van der Waals surface area contributed by atoms with Crippen molar-refractivity contribution in [2.24, 2.45) is 23.2 Å². The van der Waals surface area contributed by atoms with Crippen molar-refractivity contribution in [2.45, 2.75) is 49.4 Å². The molecule has 2 heterocycles. The average Bonchev–Trinajstić information content (AvgIpc) is 3.08. The van der Waals surface area contributed by atoms with Crippen LogP contribution in [-0.2, 0) is 11.3 Å². The zero-order valence-corrected chi connectivity index (χ0v) is 17.2. The van der Waals surface area contributed by atoms with Gasteiger partial charge in [0.25, 0.3) is 0 Å². The lowest BCUT2D eigenvalue weighted by atomic mass is 9.49. The lowest BCUT2D eigenvalue weighted by Gasteiger charge is -2.57. The second-order valence-corrected chi connectivity index (χ2v) is 11.0. The Bertz CT molecular complexity index is 648. The number of carbonyl (C=O) groups is 1. The second-order valence-electron chi connectivity index (χ2n) is 8.93. The summed E-state index contributed by atoms with van der Waals surface area (Å²) in [7, 11) is 0. The number of amides is 1. The summed E-state index contributed by atoms with van der Waals surface area (Å²) in [5, 5.41) is 9.57. The zero-order valence-electron chi connectivity index (χ0n) is 15.5. The lowest BCUT2D eigenvalue weighted by molar-refractivity contribution is -0.159. The van der Waals surface area contributed by atoms with Crippen molar-refractivity contribution in [3.63, 3.8) is 0 Å². The summed E-state index contributed by atoms with van der Waals surface area (Å²) in [6.45, 7) is 4.57. The summed E-state index contributed by atoms with van der Waals surface area (Å²) in [4.78, 5) is 18.1. The van der Waals surface area contributed by atoms with Crippen molar-refractivity contribution in [3.05, 3.63) is 5.01 Å². The molecule has 0 unspecified atom stereocenters. The molecular weight excluding hydrogens is 364 g/mol. The first-order valence-corrected chi connectivity index (χ1v) is 12.1. The van der Waals surface area contributed by atoms with Crippen LogP contribution in [0.4, 0.5) is 0 Å². The first-order valence-electron chi connectivity index (χ1n) is 10.0. The van der Waals surface area contributed by atoms with Gasteiger partial charge in [-0.2, -0.15) is 0 Å². The Morgan fingerprint density at radius 2 is 1.69 bits per heavy atom. The standard InChI is InChI=1S/C19H28N4OS2/c1-25-18-21-20-16(26-18)12-22-2-4-23(5-3-22)17(24)19-9-13-6-14(10-19)8-15(7-13)11-19/h13-15H,2-12H2,1H3. The highest BCUT2D eigenvalue weighted by molar-refractivity contribution is 8.00. The Morgan fingerprint density at radius 1 is 1.08 bits per heavy atom. The van der Waals surface area contributed by atoms with Crippen LogP contribution in [0.1, 0.15) is 43.5 Å². The van der Waals surface area contributed by atoms with E-state index in [9.17, 15) is 4.79 Å². The number of piperazine rings is 1. The van der Waals surface area contributed by atoms with Crippen molar-refractivity contribution >= 4 is 29.0 Å². The van der Waals surface area contributed by atoms with Crippen LogP contribution < -0.4 is 0 Å². The van der Waals surface area contributed by atoms with Crippen LogP contribution in [0.2, 0.25) is 0 Å². The van der Waals surface area contributed by atoms with Gasteiger partial charge in [-0.25, -0.2) is 0 Å². The van der Waals surface area contributed by atoms with Crippen LogP contribution in [0.5, 0.6) is 0 Å². The molecule has 7 heteroatoms. The van der Waals surface area contributed by atoms with Crippen LogP contribution in [0, 0.1) is 23.2 Å². The van der Waals surface area contributed by atoms with Crippen molar-refractivity contribution in [1.82, 2.24) is 20.0 Å². The summed E-state index contributed by atoms with van der Waals surface area (Å²) in [5.74, 6) is 3.02. The number of nitrogens with zero attached hydrogens (tertiary/aromatic N) is 4. The SMILES string of the molecule is CSc1nnc(CN2CCN(C(=O)C34CC5CC(CC(C5)C3)C4)CC2)s1. The number of thioether (sulfide) groups is 1. The minimum absolute atomic E-state index is 0.0173. The molecule has 1 saturated heterocycles. The van der Waals surface area contributed by atoms with Gasteiger partial charge in [-0.1, -0.05) is 23.1 Å². The molecule has 4 bridgehead atoms. The summed E-state index contributed by atoms with van der Waals surface area (Å²) in [6.07, 6.45) is 9.79. The molecule has 0 aromatic carbocycles. The highest BCUT2D eigenvalue weighted by Crippen LogP contribution is 2.60. The monoisotopic (exact) mass is 392 g/mol. The number of hydrogen-bond acceptors (Lipinski definition) is 6. The number of hydrogen-bond donors (Lipinski definition) is 0. The van der Waals surface area contributed by atoms with Crippen molar-refractivity contribution < 1.29 is 4.79 Å². The van der Waals surface area contributed by atoms with E-state index in [0.717, 1.165) is 59.8 Å². The van der Waals surface area contributed by atoms with Crippen LogP contribution >= 0.6 is 23.1 Å². The number of rotatable bonds is 4. The van der Waals surface area contributed by atoms with Crippen LogP contribution in [0.25, 0.3) is 0 Å². The molecule has 4 aliphatic carbocycles. The Balaban J connectivity index is 1.20. The van der Waals surface area contributed by atoms with Gasteiger partial charge in [-0.05, 0) is 62.5 Å². The predicted octanol–water partition coefficient (Wildman–Crippen LogP) is 3.12. The molecule has 0 radical (unpaired) electrons. The Labute approximate surface area is 163 Å². The zero-order chi connectivity index (χ0) is 17.7. The molecule has 1 aromatic rings. The molecule has 4 saturated carbocycles. The fraction of sp³-hybridized carbons (Fsp3) is 0.842. The maximum absolute atomic E-state index is 13.4. The first-order chi connectivity index (χ1) is 12.6. The fourth-order valence-electron chi connectivity index (χ4n) is 6.39. The van der Waals surface area contributed by atoms with E-state index in [1.54, 1.807) is 23.1 Å². The van der Waals surface area contributed by atoms with E-state index >= 15 is 0 Å². The van der Waals surface area contributed by atoms with Crippen LogP contribution in [-0.4, -0.2) is 58.3 Å². The molecule has 5 aliphatic rings. The van der Waals surface area contributed by atoms with Crippen molar-refractivity contribution in [3.8, 4) is 0 Å². The minimum Gasteiger partial charge on any atom is -0.340 e. The summed E-state index contributed by atoms with van der Waals surface area (Å²) < 4.78 is 1.04. The molecule has 0 N–H and O–H groups in total. The molecule has 0 atom stereocenters. The maximum atomic E-state index is 13.4. The van der Waals surface area contributed by atoms with Gasteiger partial charge in [0, 0.05) is 26.2 Å². The van der Waals surface area contributed by atoms with Gasteiger partial charge < -0.3 is 4.90 Å². The van der Waals surface area contributed by atoms with Crippen molar-refractivity contribution in [2.75, 3.05) is 32.4 Å². The van der Waals surface area contributed by atoms with E-state index in [1.807, 2.05) is 6.26 Å². The summed E-state index contributed by atoms with van der Waals surface area (Å²) in [5.41, 5.74) is 0.0173. The number of carbonyl (C=O) groups excluding carboxylic acids is 1. The molecule has 6 rings (SSSR count).